The van der Waals surface area contributed by atoms with Gasteiger partial charge in [0.1, 0.15) is 0 Å². The van der Waals surface area contributed by atoms with Crippen molar-refractivity contribution in [2.24, 2.45) is 5.73 Å². The molecule has 4 nitrogen and oxygen atoms in total. The maximum Gasteiger partial charge on any atom is 0.0403 e. The monoisotopic (exact) mass is 505 g/mol. The van der Waals surface area contributed by atoms with Gasteiger partial charge in [0.15, 0.2) is 0 Å². The van der Waals surface area contributed by atoms with Crippen LogP contribution >= 0.6 is 0 Å². The van der Waals surface area contributed by atoms with Crippen LogP contribution in [0.2, 0.25) is 0 Å². The van der Waals surface area contributed by atoms with E-state index in [4.69, 9.17) is 5.73 Å². The highest BCUT2D eigenvalue weighted by molar-refractivity contribution is 5.59. The molecule has 1 saturated heterocycles. The molecule has 212 valence electrons. The Bertz CT molecular complexity index is 644. The molecule has 2 heterocycles. The molecule has 0 atom stereocenters. The zero-order valence-electron chi connectivity index (χ0n) is 26.2. The molecule has 2 aliphatic heterocycles. The Balaban J connectivity index is -0.000000446. The van der Waals surface area contributed by atoms with E-state index in [0.29, 0.717) is 6.04 Å². The average Bonchev–Trinajstić information content (AvgIpc) is 2.92. The maximum absolute atomic E-state index is 5.83. The summed E-state index contributed by atoms with van der Waals surface area (Å²) in [5, 5.41) is 6.16. The van der Waals surface area contributed by atoms with Gasteiger partial charge in [-0.1, -0.05) is 92.2 Å². The molecule has 0 amide bonds. The SMILES string of the molecule is C=C1CCCC/C1=C/C.CC.CC.CC.CCC.CNC.NC1CN(c2cccc3c2CCNC3)C1. The van der Waals surface area contributed by atoms with Crippen LogP contribution in [0.3, 0.4) is 0 Å². The Morgan fingerprint density at radius 3 is 1.97 bits per heavy atom. The largest absolute Gasteiger partial charge is 0.368 e. The first-order chi connectivity index (χ1) is 17.5. The highest BCUT2D eigenvalue weighted by atomic mass is 15.2. The van der Waals surface area contributed by atoms with E-state index in [1.165, 1.54) is 60.1 Å². The molecule has 0 aromatic heterocycles. The summed E-state index contributed by atoms with van der Waals surface area (Å²) in [4.78, 5) is 2.40. The van der Waals surface area contributed by atoms with E-state index in [-0.39, 0.29) is 0 Å². The molecule has 1 saturated carbocycles. The number of nitrogens with two attached hydrogens (primary N) is 1. The lowest BCUT2D eigenvalue weighted by atomic mass is 9.91. The predicted molar refractivity (Wildman–Crippen MR) is 168 cm³/mol. The molecular formula is C32H64N4. The average molecular weight is 505 g/mol. The zero-order chi connectivity index (χ0) is 28.4. The fourth-order valence-corrected chi connectivity index (χ4v) is 3.86. The number of anilines is 1. The summed E-state index contributed by atoms with van der Waals surface area (Å²) in [6, 6.07) is 6.99. The van der Waals surface area contributed by atoms with Gasteiger partial charge >= 0.3 is 0 Å². The number of hydrogen-bond acceptors (Lipinski definition) is 4. The van der Waals surface area contributed by atoms with Crippen molar-refractivity contribution in [3.63, 3.8) is 0 Å². The second-order valence-electron chi connectivity index (χ2n) is 8.34. The van der Waals surface area contributed by atoms with Crippen molar-refractivity contribution in [3.05, 3.63) is 53.1 Å². The van der Waals surface area contributed by atoms with Crippen LogP contribution < -0.4 is 21.3 Å². The molecule has 1 aliphatic carbocycles. The highest BCUT2D eigenvalue weighted by Gasteiger charge is 2.26. The van der Waals surface area contributed by atoms with E-state index in [0.717, 1.165) is 32.6 Å². The molecule has 0 radical (unpaired) electrons. The summed E-state index contributed by atoms with van der Waals surface area (Å²) in [5.74, 6) is 0. The minimum Gasteiger partial charge on any atom is -0.368 e. The van der Waals surface area contributed by atoms with Crippen LogP contribution in [0.5, 0.6) is 0 Å². The lowest BCUT2D eigenvalue weighted by Crippen LogP contribution is -2.56. The third-order valence-electron chi connectivity index (χ3n) is 5.34. The molecule has 0 bridgehead atoms. The van der Waals surface area contributed by atoms with Gasteiger partial charge in [0.05, 0.1) is 0 Å². The topological polar surface area (TPSA) is 53.3 Å². The molecule has 1 aromatic rings. The molecule has 4 rings (SSSR count). The van der Waals surface area contributed by atoms with Crippen molar-refractivity contribution in [1.29, 1.82) is 0 Å². The van der Waals surface area contributed by atoms with Crippen molar-refractivity contribution in [3.8, 4) is 0 Å². The number of nitrogens with one attached hydrogen (secondary N) is 2. The van der Waals surface area contributed by atoms with Crippen LogP contribution in [0.4, 0.5) is 5.69 Å². The Labute approximate surface area is 227 Å². The van der Waals surface area contributed by atoms with Crippen LogP contribution in [-0.2, 0) is 13.0 Å². The van der Waals surface area contributed by atoms with Gasteiger partial charge in [-0.15, -0.1) is 0 Å². The minimum atomic E-state index is 0.377. The van der Waals surface area contributed by atoms with Gasteiger partial charge < -0.3 is 21.3 Å². The maximum atomic E-state index is 5.83. The van der Waals surface area contributed by atoms with Gasteiger partial charge in [0, 0.05) is 31.4 Å². The highest BCUT2D eigenvalue weighted by Crippen LogP contribution is 2.29. The van der Waals surface area contributed by atoms with Crippen molar-refractivity contribution < 1.29 is 0 Å². The summed E-state index contributed by atoms with van der Waals surface area (Å²) >= 11 is 0. The van der Waals surface area contributed by atoms with E-state index >= 15 is 0 Å². The second-order valence-corrected chi connectivity index (χ2v) is 8.34. The molecule has 4 heteroatoms. The van der Waals surface area contributed by atoms with Crippen molar-refractivity contribution in [2.75, 3.05) is 38.6 Å². The van der Waals surface area contributed by atoms with E-state index in [1.807, 2.05) is 55.6 Å². The van der Waals surface area contributed by atoms with Crippen molar-refractivity contribution in [2.45, 2.75) is 113 Å². The third kappa shape index (κ3) is 16.2. The standard InChI is InChI=1S/C12H17N3.C9H14.C3H8.C2H7N.3C2H6/c13-10-7-15(8-10)12-3-1-2-9-6-14-5-4-11(9)12;1-3-9-7-5-4-6-8(9)2;2*1-3-2;3*1-2/h1-3,10,14H,4-8,13H2;3H,2,4-7H2,1H3;3H2,1-2H3;3H,1-2H3;3*1-2H3/b;9-3-;;;;;. The Morgan fingerprint density at radius 1 is 1.00 bits per heavy atom. The lowest BCUT2D eigenvalue weighted by molar-refractivity contribution is 0.515. The molecule has 3 aliphatic rings. The Kier molecular flexibility index (Phi) is 30.2. The van der Waals surface area contributed by atoms with Crippen LogP contribution in [-0.4, -0.2) is 39.8 Å². The van der Waals surface area contributed by atoms with Crippen molar-refractivity contribution in [1.82, 2.24) is 10.6 Å². The number of fused-ring (bicyclic) bond motifs is 1. The first-order valence-corrected chi connectivity index (χ1v) is 14.8. The first kappa shape index (κ1) is 38.9. The molecular weight excluding hydrogens is 440 g/mol. The zero-order valence-corrected chi connectivity index (χ0v) is 26.2. The van der Waals surface area contributed by atoms with E-state index in [9.17, 15) is 0 Å². The van der Waals surface area contributed by atoms with E-state index in [1.54, 1.807) is 0 Å². The Morgan fingerprint density at radius 2 is 1.53 bits per heavy atom. The van der Waals surface area contributed by atoms with Crippen LogP contribution in [0.1, 0.15) is 106 Å². The predicted octanol–water partition coefficient (Wildman–Crippen LogP) is 7.87. The summed E-state index contributed by atoms with van der Waals surface area (Å²) in [6.07, 6.45) is 9.78. The summed E-state index contributed by atoms with van der Waals surface area (Å²) < 4.78 is 0. The molecule has 36 heavy (non-hydrogen) atoms. The summed E-state index contributed by atoms with van der Waals surface area (Å²) in [6.45, 7) is 26.5. The fourth-order valence-electron chi connectivity index (χ4n) is 3.86. The van der Waals surface area contributed by atoms with Gasteiger partial charge in [0.25, 0.3) is 0 Å². The minimum absolute atomic E-state index is 0.377. The van der Waals surface area contributed by atoms with Crippen molar-refractivity contribution >= 4 is 5.69 Å². The number of nitrogens with zero attached hydrogens (tertiary/aromatic N) is 1. The molecule has 0 unspecified atom stereocenters. The smallest absolute Gasteiger partial charge is 0.0403 e. The van der Waals surface area contributed by atoms with Gasteiger partial charge in [-0.05, 0) is 82.4 Å². The molecule has 0 spiro atoms. The van der Waals surface area contributed by atoms with Crippen LogP contribution in [0.25, 0.3) is 0 Å². The van der Waals surface area contributed by atoms with Gasteiger partial charge in [-0.3, -0.25) is 0 Å². The third-order valence-corrected chi connectivity index (χ3v) is 5.34. The van der Waals surface area contributed by atoms with Crippen LogP contribution in [0.15, 0.2) is 42.0 Å². The van der Waals surface area contributed by atoms with Gasteiger partial charge in [-0.25, -0.2) is 0 Å². The van der Waals surface area contributed by atoms with E-state index in [2.05, 4.69) is 67.2 Å². The quantitative estimate of drug-likeness (QED) is 0.364. The first-order valence-electron chi connectivity index (χ1n) is 14.8. The number of benzene rings is 1. The summed E-state index contributed by atoms with van der Waals surface area (Å²) in [5.41, 5.74) is 13.1. The summed E-state index contributed by atoms with van der Waals surface area (Å²) in [7, 11) is 3.75. The number of hydrogen-bond donors (Lipinski definition) is 3. The molecule has 4 N–H and O–H groups in total. The Hall–Kier alpha value is -1.62. The van der Waals surface area contributed by atoms with Crippen LogP contribution in [0, 0.1) is 0 Å². The van der Waals surface area contributed by atoms with Gasteiger partial charge in [-0.2, -0.15) is 0 Å². The normalized spacial score (nSPS) is 16.5. The second kappa shape index (κ2) is 28.0. The molecule has 2 fully saturated rings. The van der Waals surface area contributed by atoms with Gasteiger partial charge in [0.2, 0.25) is 0 Å². The van der Waals surface area contributed by atoms with E-state index < -0.39 is 0 Å². The number of allylic oxidation sites excluding steroid dienone is 3. The fraction of sp³-hybridized carbons (Fsp3) is 0.688. The molecule has 1 aromatic carbocycles. The lowest BCUT2D eigenvalue weighted by Gasteiger charge is -2.41. The number of rotatable bonds is 1.